The number of anilines is 2. The number of benzene rings is 1. The molecule has 0 aliphatic carbocycles. The molecule has 0 saturated carbocycles. The van der Waals surface area contributed by atoms with Crippen LogP contribution >= 0.6 is 11.3 Å². The third-order valence-corrected chi connectivity index (χ3v) is 7.21. The van der Waals surface area contributed by atoms with Gasteiger partial charge in [0.15, 0.2) is 5.13 Å². The molecule has 4 heterocycles. The smallest absolute Gasteiger partial charge is 0.270 e. The van der Waals surface area contributed by atoms with E-state index in [9.17, 15) is 9.59 Å². The van der Waals surface area contributed by atoms with Gasteiger partial charge in [-0.1, -0.05) is 12.1 Å². The molecule has 0 spiro atoms. The van der Waals surface area contributed by atoms with Crippen molar-refractivity contribution in [2.24, 2.45) is 10.9 Å². The van der Waals surface area contributed by atoms with Crippen molar-refractivity contribution < 1.29 is 9.59 Å². The van der Waals surface area contributed by atoms with Crippen molar-refractivity contribution in [3.05, 3.63) is 40.4 Å². The Bertz CT molecular complexity index is 1060. The number of piperazine rings is 1. The lowest BCUT2D eigenvalue weighted by Crippen LogP contribution is -2.46. The molecule has 1 atom stereocenters. The van der Waals surface area contributed by atoms with Gasteiger partial charge in [-0.05, 0) is 31.4 Å². The summed E-state index contributed by atoms with van der Waals surface area (Å²) in [6, 6.07) is 6.39. The number of nitrogens with one attached hydrogen (secondary N) is 2. The summed E-state index contributed by atoms with van der Waals surface area (Å²) in [5.74, 6) is -0.120. The van der Waals surface area contributed by atoms with E-state index in [4.69, 9.17) is 0 Å². The number of aromatic nitrogens is 1. The summed E-state index contributed by atoms with van der Waals surface area (Å²) in [6.07, 6.45) is 1.87. The Morgan fingerprint density at radius 3 is 2.94 bits per heavy atom. The number of rotatable bonds is 5. The standard InChI is InChI=1S/C23H28N6O2S/c1-2-24-22(31)19-14-32-23(27-19)29-10-8-28(9-11-29)13-15-5-6-16-18(12-15)26-21(30)17-4-3-7-25-20(16)17/h5-6,12,14,17H,2-4,7-11,13H2,1H3,(H,24,31)(H,26,30). The topological polar surface area (TPSA) is 89.9 Å². The van der Waals surface area contributed by atoms with Crippen molar-refractivity contribution in [1.82, 2.24) is 15.2 Å². The fraction of sp³-hybridized carbons (Fsp3) is 0.478. The third kappa shape index (κ3) is 4.14. The summed E-state index contributed by atoms with van der Waals surface area (Å²) >= 11 is 1.52. The number of hydrogen-bond acceptors (Lipinski definition) is 7. The highest BCUT2D eigenvalue weighted by Gasteiger charge is 2.33. The molecule has 1 aromatic heterocycles. The molecule has 2 amide bonds. The minimum absolute atomic E-state index is 0.0807. The molecule has 5 rings (SSSR count). The van der Waals surface area contributed by atoms with Crippen LogP contribution in [0, 0.1) is 5.92 Å². The summed E-state index contributed by atoms with van der Waals surface area (Å²) in [7, 11) is 0. The third-order valence-electron chi connectivity index (χ3n) is 6.31. The minimum atomic E-state index is -0.112. The first-order chi connectivity index (χ1) is 15.6. The number of aliphatic imine (C=N–C) groups is 1. The molecule has 0 bridgehead atoms. The van der Waals surface area contributed by atoms with Gasteiger partial charge in [0, 0.05) is 56.8 Å². The van der Waals surface area contributed by atoms with E-state index in [1.54, 1.807) is 0 Å². The molecule has 2 aromatic rings. The number of carbonyl (C=O) groups is 2. The molecule has 1 aromatic carbocycles. The van der Waals surface area contributed by atoms with Crippen molar-refractivity contribution in [3.63, 3.8) is 0 Å². The molecule has 1 saturated heterocycles. The number of thiazole rings is 1. The summed E-state index contributed by atoms with van der Waals surface area (Å²) < 4.78 is 0. The lowest BCUT2D eigenvalue weighted by Gasteiger charge is -2.35. The quantitative estimate of drug-likeness (QED) is 0.727. The second-order valence-electron chi connectivity index (χ2n) is 8.47. The van der Waals surface area contributed by atoms with E-state index in [1.807, 2.05) is 12.3 Å². The van der Waals surface area contributed by atoms with E-state index in [0.717, 1.165) is 74.2 Å². The number of carbonyl (C=O) groups excluding carboxylic acids is 2. The summed E-state index contributed by atoms with van der Waals surface area (Å²) in [4.78, 5) is 38.3. The number of amides is 2. The SMILES string of the molecule is CCNC(=O)c1csc(N2CCN(Cc3ccc4c(c3)NC(=O)C3CCCN=C43)CC2)n1. The van der Waals surface area contributed by atoms with Gasteiger partial charge >= 0.3 is 0 Å². The van der Waals surface area contributed by atoms with Crippen LogP contribution in [-0.4, -0.2) is 66.7 Å². The molecular weight excluding hydrogens is 424 g/mol. The van der Waals surface area contributed by atoms with Gasteiger partial charge in [0.1, 0.15) is 5.69 Å². The van der Waals surface area contributed by atoms with Crippen LogP contribution in [0.1, 0.15) is 41.4 Å². The van der Waals surface area contributed by atoms with Gasteiger partial charge in [0.25, 0.3) is 5.91 Å². The Morgan fingerprint density at radius 2 is 2.12 bits per heavy atom. The van der Waals surface area contributed by atoms with Gasteiger partial charge < -0.3 is 15.5 Å². The van der Waals surface area contributed by atoms with Crippen LogP contribution in [0.4, 0.5) is 10.8 Å². The first kappa shape index (κ1) is 21.1. The van der Waals surface area contributed by atoms with Gasteiger partial charge in [0.2, 0.25) is 5.91 Å². The molecule has 32 heavy (non-hydrogen) atoms. The van der Waals surface area contributed by atoms with Gasteiger partial charge in [-0.15, -0.1) is 11.3 Å². The second-order valence-corrected chi connectivity index (χ2v) is 9.31. The zero-order chi connectivity index (χ0) is 22.1. The average Bonchev–Trinajstić information content (AvgIpc) is 3.30. The lowest BCUT2D eigenvalue weighted by atomic mass is 9.85. The van der Waals surface area contributed by atoms with E-state index in [0.29, 0.717) is 12.2 Å². The zero-order valence-corrected chi connectivity index (χ0v) is 19.1. The van der Waals surface area contributed by atoms with E-state index in [-0.39, 0.29) is 17.7 Å². The Morgan fingerprint density at radius 1 is 1.28 bits per heavy atom. The van der Waals surface area contributed by atoms with Gasteiger partial charge in [-0.2, -0.15) is 0 Å². The van der Waals surface area contributed by atoms with Crippen LogP contribution in [0.15, 0.2) is 28.6 Å². The van der Waals surface area contributed by atoms with E-state index < -0.39 is 0 Å². The second kappa shape index (κ2) is 8.99. The maximum atomic E-state index is 12.5. The normalized spacial score (nSPS) is 20.8. The van der Waals surface area contributed by atoms with Gasteiger partial charge in [0.05, 0.1) is 17.3 Å². The van der Waals surface area contributed by atoms with Crippen LogP contribution in [0.2, 0.25) is 0 Å². The molecule has 9 heteroatoms. The van der Waals surface area contributed by atoms with Crippen molar-refractivity contribution in [3.8, 4) is 0 Å². The number of nitrogens with zero attached hydrogens (tertiary/aromatic N) is 4. The number of hydrogen-bond donors (Lipinski definition) is 2. The predicted molar refractivity (Wildman–Crippen MR) is 127 cm³/mol. The predicted octanol–water partition coefficient (Wildman–Crippen LogP) is 2.37. The maximum Gasteiger partial charge on any atom is 0.270 e. The summed E-state index contributed by atoms with van der Waals surface area (Å²) in [5.41, 5.74) is 4.62. The van der Waals surface area contributed by atoms with Crippen LogP contribution in [0.25, 0.3) is 0 Å². The van der Waals surface area contributed by atoms with Crippen LogP contribution in [0.5, 0.6) is 0 Å². The van der Waals surface area contributed by atoms with Crippen molar-refractivity contribution in [1.29, 1.82) is 0 Å². The Balaban J connectivity index is 1.21. The fourth-order valence-electron chi connectivity index (χ4n) is 4.63. The Kier molecular flexibility index (Phi) is 5.93. The Labute approximate surface area is 191 Å². The van der Waals surface area contributed by atoms with E-state index >= 15 is 0 Å². The number of fused-ring (bicyclic) bond motifs is 3. The average molecular weight is 453 g/mol. The largest absolute Gasteiger partial charge is 0.351 e. The first-order valence-corrected chi connectivity index (χ1v) is 12.2. The van der Waals surface area contributed by atoms with Crippen LogP contribution < -0.4 is 15.5 Å². The minimum Gasteiger partial charge on any atom is -0.351 e. The molecule has 8 nitrogen and oxygen atoms in total. The fourth-order valence-corrected chi connectivity index (χ4v) is 5.49. The maximum absolute atomic E-state index is 12.5. The highest BCUT2D eigenvalue weighted by molar-refractivity contribution is 7.13. The highest BCUT2D eigenvalue weighted by Crippen LogP contribution is 2.32. The van der Waals surface area contributed by atoms with Gasteiger partial charge in [-0.3, -0.25) is 19.5 Å². The van der Waals surface area contributed by atoms with Crippen molar-refractivity contribution in [2.75, 3.05) is 49.5 Å². The zero-order valence-electron chi connectivity index (χ0n) is 18.3. The first-order valence-electron chi connectivity index (χ1n) is 11.3. The molecule has 1 fully saturated rings. The summed E-state index contributed by atoms with van der Waals surface area (Å²) in [5, 5.41) is 8.63. The lowest BCUT2D eigenvalue weighted by molar-refractivity contribution is -0.118. The molecule has 1 unspecified atom stereocenters. The van der Waals surface area contributed by atoms with E-state index in [2.05, 4.69) is 48.6 Å². The van der Waals surface area contributed by atoms with Crippen molar-refractivity contribution >= 4 is 39.7 Å². The molecule has 0 radical (unpaired) electrons. The molecule has 2 N–H and O–H groups in total. The Hall–Kier alpha value is -2.78. The molecule has 168 valence electrons. The monoisotopic (exact) mass is 452 g/mol. The van der Waals surface area contributed by atoms with E-state index in [1.165, 1.54) is 16.9 Å². The molecule has 3 aliphatic heterocycles. The van der Waals surface area contributed by atoms with Crippen LogP contribution in [-0.2, 0) is 11.3 Å². The summed E-state index contributed by atoms with van der Waals surface area (Å²) in [6.45, 7) is 7.77. The van der Waals surface area contributed by atoms with Crippen molar-refractivity contribution in [2.45, 2.75) is 26.3 Å². The molecular formula is C23H28N6O2S. The van der Waals surface area contributed by atoms with Crippen LogP contribution in [0.3, 0.4) is 0 Å². The molecule has 3 aliphatic rings. The highest BCUT2D eigenvalue weighted by atomic mass is 32.1. The van der Waals surface area contributed by atoms with Gasteiger partial charge in [-0.25, -0.2) is 4.98 Å².